The van der Waals surface area contributed by atoms with Crippen LogP contribution in [0.2, 0.25) is 0 Å². The van der Waals surface area contributed by atoms with Gasteiger partial charge in [-0.25, -0.2) is 0 Å². The first-order chi connectivity index (χ1) is 14.2. The van der Waals surface area contributed by atoms with E-state index in [0.717, 1.165) is 24.6 Å². The average molecular weight is 401 g/mol. The molecule has 2 aliphatic rings. The molecule has 160 valence electrons. The summed E-state index contributed by atoms with van der Waals surface area (Å²) in [6.45, 7) is 11.0. The summed E-state index contributed by atoms with van der Waals surface area (Å²) in [6.07, 6.45) is 2.84. The number of benzene rings is 1. The molecular weight excluding hydrogens is 364 g/mol. The van der Waals surface area contributed by atoms with E-state index in [1.165, 1.54) is 51.3 Å². The quantitative estimate of drug-likeness (QED) is 0.352. The summed E-state index contributed by atoms with van der Waals surface area (Å²) in [7, 11) is 1.80. The van der Waals surface area contributed by atoms with Gasteiger partial charge in [-0.05, 0) is 37.6 Å². The van der Waals surface area contributed by atoms with Crippen molar-refractivity contribution in [3.8, 4) is 0 Å². The fraction of sp³-hybridized carbons (Fsp3) is 0.636. The minimum absolute atomic E-state index is 0.0817. The van der Waals surface area contributed by atoms with Gasteiger partial charge in [0.25, 0.3) is 0 Å². The molecule has 0 spiro atoms. The molecule has 1 amide bonds. The van der Waals surface area contributed by atoms with Crippen molar-refractivity contribution in [3.05, 3.63) is 29.8 Å². The second kappa shape index (κ2) is 11.2. The summed E-state index contributed by atoms with van der Waals surface area (Å²) in [5.74, 6) is 1.06. The average Bonchev–Trinajstić information content (AvgIpc) is 2.75. The van der Waals surface area contributed by atoms with Crippen molar-refractivity contribution in [2.45, 2.75) is 32.1 Å². The predicted molar refractivity (Wildman–Crippen MR) is 120 cm³/mol. The Morgan fingerprint density at radius 3 is 2.66 bits per heavy atom. The summed E-state index contributed by atoms with van der Waals surface area (Å²) in [5.41, 5.74) is 2.12. The normalized spacial score (nSPS) is 20.8. The number of amides is 1. The Bertz CT molecular complexity index is 684. The number of fused-ring (bicyclic) bond motifs is 1. The fourth-order valence-electron chi connectivity index (χ4n) is 4.12. The van der Waals surface area contributed by atoms with Crippen LogP contribution < -0.4 is 16.0 Å². The zero-order valence-corrected chi connectivity index (χ0v) is 17.9. The van der Waals surface area contributed by atoms with Crippen molar-refractivity contribution < 1.29 is 4.79 Å². The standard InChI is InChI=1S/C22H36N6O/c1-3-27-12-14-28(15-13-27)11-7-6-10-24-22(23-2)25-17-18-16-21(29)26-20-9-5-4-8-19(18)20/h4-5,8-9,18H,3,6-7,10-17H2,1-2H3,(H,26,29)(H2,23,24,25). The largest absolute Gasteiger partial charge is 0.356 e. The first-order valence-electron chi connectivity index (χ1n) is 11.0. The van der Waals surface area contributed by atoms with Gasteiger partial charge in [0.05, 0.1) is 0 Å². The number of piperazine rings is 1. The van der Waals surface area contributed by atoms with Gasteiger partial charge < -0.3 is 25.8 Å². The van der Waals surface area contributed by atoms with Crippen molar-refractivity contribution in [2.75, 3.05) is 64.7 Å². The van der Waals surface area contributed by atoms with E-state index in [4.69, 9.17) is 0 Å². The number of anilines is 1. The van der Waals surface area contributed by atoms with Gasteiger partial charge in [0.1, 0.15) is 0 Å². The van der Waals surface area contributed by atoms with Crippen molar-refractivity contribution in [3.63, 3.8) is 0 Å². The summed E-state index contributed by atoms with van der Waals surface area (Å²) in [6, 6.07) is 8.05. The molecule has 0 aromatic heterocycles. The molecule has 7 heteroatoms. The Balaban J connectivity index is 1.34. The number of carbonyl (C=O) groups excluding carboxylic acids is 1. The molecule has 3 N–H and O–H groups in total. The van der Waals surface area contributed by atoms with E-state index in [-0.39, 0.29) is 11.8 Å². The molecule has 1 fully saturated rings. The van der Waals surface area contributed by atoms with Crippen LogP contribution in [0.15, 0.2) is 29.3 Å². The van der Waals surface area contributed by atoms with Crippen LogP contribution in [-0.2, 0) is 4.79 Å². The van der Waals surface area contributed by atoms with Crippen LogP contribution in [0, 0.1) is 0 Å². The molecule has 1 aromatic carbocycles. The molecule has 1 unspecified atom stereocenters. The topological polar surface area (TPSA) is 72.0 Å². The molecule has 7 nitrogen and oxygen atoms in total. The second-order valence-electron chi connectivity index (χ2n) is 7.90. The number of hydrogen-bond acceptors (Lipinski definition) is 4. The maximum Gasteiger partial charge on any atom is 0.225 e. The lowest BCUT2D eigenvalue weighted by Gasteiger charge is -2.34. The molecule has 29 heavy (non-hydrogen) atoms. The van der Waals surface area contributed by atoms with Crippen LogP contribution in [0.5, 0.6) is 0 Å². The SMILES string of the molecule is CCN1CCN(CCCCNC(=NC)NCC2CC(=O)Nc3ccccc32)CC1. The van der Waals surface area contributed by atoms with E-state index in [9.17, 15) is 4.79 Å². The van der Waals surface area contributed by atoms with Crippen LogP contribution >= 0.6 is 0 Å². The number of likely N-dealkylation sites (N-methyl/N-ethyl adjacent to an activating group) is 1. The van der Waals surface area contributed by atoms with Crippen molar-refractivity contribution in [1.29, 1.82) is 0 Å². The smallest absolute Gasteiger partial charge is 0.225 e. The van der Waals surface area contributed by atoms with E-state index in [2.05, 4.69) is 43.7 Å². The zero-order chi connectivity index (χ0) is 20.5. The van der Waals surface area contributed by atoms with Crippen molar-refractivity contribution >= 4 is 17.6 Å². The Labute approximate surface area is 174 Å². The molecule has 0 radical (unpaired) electrons. The van der Waals surface area contributed by atoms with Crippen LogP contribution in [0.25, 0.3) is 0 Å². The third-order valence-electron chi connectivity index (χ3n) is 5.95. The molecule has 0 saturated carbocycles. The predicted octanol–water partition coefficient (Wildman–Crippen LogP) is 1.70. The third kappa shape index (κ3) is 6.44. The van der Waals surface area contributed by atoms with Gasteiger partial charge in [-0.1, -0.05) is 25.1 Å². The molecule has 1 aromatic rings. The molecular formula is C22H36N6O. The Morgan fingerprint density at radius 2 is 1.90 bits per heavy atom. The number of hydrogen-bond donors (Lipinski definition) is 3. The van der Waals surface area contributed by atoms with E-state index >= 15 is 0 Å². The van der Waals surface area contributed by atoms with Gasteiger partial charge in [-0.15, -0.1) is 0 Å². The summed E-state index contributed by atoms with van der Waals surface area (Å²) < 4.78 is 0. The maximum atomic E-state index is 12.0. The van der Waals surface area contributed by atoms with Gasteiger partial charge in [0.2, 0.25) is 5.91 Å². The number of unbranched alkanes of at least 4 members (excludes halogenated alkanes) is 1. The number of para-hydroxylation sites is 1. The highest BCUT2D eigenvalue weighted by Crippen LogP contribution is 2.31. The highest BCUT2D eigenvalue weighted by atomic mass is 16.1. The number of aliphatic imine (C=N–C) groups is 1. The lowest BCUT2D eigenvalue weighted by molar-refractivity contribution is -0.116. The first kappa shape index (κ1) is 21.6. The van der Waals surface area contributed by atoms with Crippen molar-refractivity contribution in [2.24, 2.45) is 4.99 Å². The van der Waals surface area contributed by atoms with Crippen LogP contribution in [0.1, 0.15) is 37.7 Å². The van der Waals surface area contributed by atoms with Gasteiger partial charge in [0, 0.05) is 64.3 Å². The van der Waals surface area contributed by atoms with Crippen LogP contribution in [0.4, 0.5) is 5.69 Å². The molecule has 0 aliphatic carbocycles. The Hall–Kier alpha value is -2.12. The molecule has 3 rings (SSSR count). The van der Waals surface area contributed by atoms with Crippen LogP contribution in [0.3, 0.4) is 0 Å². The zero-order valence-electron chi connectivity index (χ0n) is 17.9. The number of nitrogens with one attached hydrogen (secondary N) is 3. The monoisotopic (exact) mass is 400 g/mol. The van der Waals surface area contributed by atoms with E-state index in [0.29, 0.717) is 13.0 Å². The van der Waals surface area contributed by atoms with Crippen LogP contribution in [-0.4, -0.2) is 81.1 Å². The number of guanidine groups is 1. The van der Waals surface area contributed by atoms with E-state index < -0.39 is 0 Å². The number of carbonyl (C=O) groups is 1. The van der Waals surface area contributed by atoms with E-state index in [1.54, 1.807) is 7.05 Å². The first-order valence-corrected chi connectivity index (χ1v) is 11.0. The highest BCUT2D eigenvalue weighted by molar-refractivity contribution is 5.94. The maximum absolute atomic E-state index is 12.0. The Kier molecular flexibility index (Phi) is 8.31. The highest BCUT2D eigenvalue weighted by Gasteiger charge is 2.24. The molecule has 2 aliphatic heterocycles. The number of nitrogens with zero attached hydrogens (tertiary/aromatic N) is 3. The third-order valence-corrected chi connectivity index (χ3v) is 5.95. The van der Waals surface area contributed by atoms with Gasteiger partial charge in [-0.2, -0.15) is 0 Å². The molecule has 1 atom stereocenters. The summed E-state index contributed by atoms with van der Waals surface area (Å²) in [4.78, 5) is 21.4. The number of rotatable bonds is 8. The minimum atomic E-state index is 0.0817. The molecule has 2 heterocycles. The van der Waals surface area contributed by atoms with E-state index in [1.807, 2.05) is 18.2 Å². The van der Waals surface area contributed by atoms with Crippen molar-refractivity contribution in [1.82, 2.24) is 20.4 Å². The second-order valence-corrected chi connectivity index (χ2v) is 7.90. The fourth-order valence-corrected chi connectivity index (χ4v) is 4.12. The minimum Gasteiger partial charge on any atom is -0.356 e. The lowest BCUT2D eigenvalue weighted by atomic mass is 9.90. The molecule has 1 saturated heterocycles. The lowest BCUT2D eigenvalue weighted by Crippen LogP contribution is -2.46. The Morgan fingerprint density at radius 1 is 1.14 bits per heavy atom. The van der Waals surface area contributed by atoms with Gasteiger partial charge in [-0.3, -0.25) is 9.79 Å². The van der Waals surface area contributed by atoms with Gasteiger partial charge in [0.15, 0.2) is 5.96 Å². The summed E-state index contributed by atoms with van der Waals surface area (Å²) >= 11 is 0. The molecule has 0 bridgehead atoms. The van der Waals surface area contributed by atoms with Gasteiger partial charge >= 0.3 is 0 Å². The summed E-state index contributed by atoms with van der Waals surface area (Å²) in [5, 5.41) is 9.76.